The monoisotopic (exact) mass is 251 g/mol. The molecule has 0 aliphatic carbocycles. The van der Waals surface area contributed by atoms with Gasteiger partial charge in [0.2, 0.25) is 0 Å². The average Bonchev–Trinajstić information content (AvgIpc) is 2.18. The molecule has 1 aromatic rings. The number of benzene rings is 1. The molecule has 1 aromatic carbocycles. The lowest BCUT2D eigenvalue weighted by atomic mass is 10.4. The van der Waals surface area contributed by atoms with Crippen molar-refractivity contribution < 1.29 is 17.6 Å². The molecule has 0 atom stereocenters. The van der Waals surface area contributed by atoms with Gasteiger partial charge in [-0.05, 0) is 34.5 Å². The second-order valence-corrected chi connectivity index (χ2v) is 3.85. The molecule has 0 aliphatic rings. The Balaban J connectivity index is 2.91. The Hall–Kier alpha value is -1.40. The summed E-state index contributed by atoms with van der Waals surface area (Å²) in [6.45, 7) is 0. The summed E-state index contributed by atoms with van der Waals surface area (Å²) in [5.41, 5.74) is 7.77. The zero-order valence-corrected chi connectivity index (χ0v) is 8.46. The van der Waals surface area contributed by atoms with Crippen LogP contribution in [0.15, 0.2) is 40.3 Å². The second kappa shape index (κ2) is 4.63. The van der Waals surface area contributed by atoms with Gasteiger partial charge in [-0.3, -0.25) is 0 Å². The van der Waals surface area contributed by atoms with Gasteiger partial charge in [0, 0.05) is 9.81 Å². The number of rotatable bonds is 4. The first-order chi connectivity index (χ1) is 7.39. The van der Waals surface area contributed by atoms with Gasteiger partial charge in [-0.25, -0.2) is 0 Å². The molecule has 16 heavy (non-hydrogen) atoms. The number of hydrogen-bond donors (Lipinski definition) is 0. The second-order valence-electron chi connectivity index (χ2n) is 2.66. The molecule has 0 saturated carbocycles. The smallest absolute Gasteiger partial charge is 0.192 e. The fourth-order valence-corrected chi connectivity index (χ4v) is 1.57. The number of halogens is 4. The minimum Gasteiger partial charge on any atom is -0.192 e. The Labute approximate surface area is 92.1 Å². The van der Waals surface area contributed by atoms with Crippen LogP contribution in [0.1, 0.15) is 0 Å². The van der Waals surface area contributed by atoms with Gasteiger partial charge in [0.1, 0.15) is 0 Å². The molecule has 1 rings (SSSR count). The van der Waals surface area contributed by atoms with Gasteiger partial charge in [-0.2, -0.15) is 17.6 Å². The van der Waals surface area contributed by atoms with Crippen LogP contribution in [-0.2, 0) is 0 Å². The van der Waals surface area contributed by atoms with Crippen molar-refractivity contribution in [3.63, 3.8) is 0 Å². The maximum Gasteiger partial charge on any atom is 0.397 e. The lowest BCUT2D eigenvalue weighted by Crippen LogP contribution is -2.34. The Kier molecular flexibility index (Phi) is 3.66. The molecule has 0 heterocycles. The summed E-state index contributed by atoms with van der Waals surface area (Å²) >= 11 is -0.355. The zero-order chi connectivity index (χ0) is 12.2. The predicted octanol–water partition coefficient (Wildman–Crippen LogP) is 4.27. The van der Waals surface area contributed by atoms with Crippen molar-refractivity contribution in [2.75, 3.05) is 0 Å². The molecule has 0 spiro atoms. The average molecular weight is 251 g/mol. The normalized spacial score (nSPS) is 12.0. The minimum atomic E-state index is -4.76. The van der Waals surface area contributed by atoms with Crippen molar-refractivity contribution >= 4 is 11.8 Å². The van der Waals surface area contributed by atoms with Crippen molar-refractivity contribution in [1.82, 2.24) is 0 Å². The van der Waals surface area contributed by atoms with Gasteiger partial charge in [0.15, 0.2) is 0 Å². The fourth-order valence-electron chi connectivity index (χ4n) is 0.812. The summed E-state index contributed by atoms with van der Waals surface area (Å²) in [7, 11) is 0. The third-order valence-corrected chi connectivity index (χ3v) is 2.52. The van der Waals surface area contributed by atoms with Crippen LogP contribution in [0.5, 0.6) is 0 Å². The minimum absolute atomic E-state index is 0.0414. The number of nitrogens with zero attached hydrogens (tertiary/aromatic N) is 3. The quantitative estimate of drug-likeness (QED) is 0.197. The first kappa shape index (κ1) is 12.7. The molecule has 0 bridgehead atoms. The van der Waals surface area contributed by atoms with E-state index in [-0.39, 0.29) is 16.7 Å². The van der Waals surface area contributed by atoms with E-state index in [1.165, 1.54) is 24.3 Å². The van der Waals surface area contributed by atoms with E-state index in [9.17, 15) is 17.6 Å². The summed E-state index contributed by atoms with van der Waals surface area (Å²) in [5, 5.41) is -2.68. The third kappa shape index (κ3) is 2.80. The highest BCUT2D eigenvalue weighted by Crippen LogP contribution is 2.47. The number of thioether (sulfide) groups is 1. The highest BCUT2D eigenvalue weighted by Gasteiger charge is 2.56. The van der Waals surface area contributed by atoms with Crippen LogP contribution < -0.4 is 0 Å². The van der Waals surface area contributed by atoms with E-state index < -0.39 is 11.3 Å². The Morgan fingerprint density at radius 3 is 2.19 bits per heavy atom. The van der Waals surface area contributed by atoms with Crippen LogP contribution >= 0.6 is 11.8 Å². The molecule has 0 N–H and O–H groups in total. The van der Waals surface area contributed by atoms with Crippen LogP contribution in [0.25, 0.3) is 10.4 Å². The van der Waals surface area contributed by atoms with Crippen molar-refractivity contribution in [3.05, 3.63) is 40.8 Å². The maximum absolute atomic E-state index is 13.0. The van der Waals surface area contributed by atoms with Crippen LogP contribution in [0.4, 0.5) is 17.6 Å². The van der Waals surface area contributed by atoms with E-state index >= 15 is 0 Å². The predicted molar refractivity (Wildman–Crippen MR) is 51.3 cm³/mol. The molecule has 0 radical (unpaired) electrons. The van der Waals surface area contributed by atoms with Gasteiger partial charge in [-0.1, -0.05) is 18.2 Å². The lowest BCUT2D eigenvalue weighted by Gasteiger charge is -2.21. The molecule has 0 unspecified atom stereocenters. The number of azide groups is 1. The van der Waals surface area contributed by atoms with E-state index in [4.69, 9.17) is 5.53 Å². The molecular weight excluding hydrogens is 246 g/mol. The molecular formula is C8H5F4N3S. The molecule has 0 amide bonds. The van der Waals surface area contributed by atoms with E-state index in [1.807, 2.05) is 0 Å². The largest absolute Gasteiger partial charge is 0.397 e. The van der Waals surface area contributed by atoms with Crippen LogP contribution in [-0.4, -0.2) is 11.3 Å². The SMILES string of the molecule is [N-]=[N+]=NC(F)(F)C(F)(F)Sc1ccccc1. The van der Waals surface area contributed by atoms with Gasteiger partial charge in [-0.15, -0.1) is 0 Å². The Bertz CT molecular complexity index is 403. The fraction of sp³-hybridized carbons (Fsp3) is 0.250. The Morgan fingerprint density at radius 2 is 1.69 bits per heavy atom. The van der Waals surface area contributed by atoms with Gasteiger partial charge >= 0.3 is 11.3 Å². The summed E-state index contributed by atoms with van der Waals surface area (Å²) < 4.78 is 51.4. The summed E-state index contributed by atoms with van der Waals surface area (Å²) in [4.78, 5) is 1.66. The van der Waals surface area contributed by atoms with E-state index in [0.717, 1.165) is 0 Å². The molecule has 8 heteroatoms. The van der Waals surface area contributed by atoms with Crippen molar-refractivity contribution in [2.45, 2.75) is 16.2 Å². The van der Waals surface area contributed by atoms with Crippen LogP contribution in [0.2, 0.25) is 0 Å². The summed E-state index contributed by atoms with van der Waals surface area (Å²) in [6.07, 6.45) is 0. The highest BCUT2D eigenvalue weighted by molar-refractivity contribution is 8.00. The van der Waals surface area contributed by atoms with Gasteiger partial charge < -0.3 is 0 Å². The highest BCUT2D eigenvalue weighted by atomic mass is 32.2. The van der Waals surface area contributed by atoms with Crippen molar-refractivity contribution in [2.24, 2.45) is 5.11 Å². The van der Waals surface area contributed by atoms with Crippen LogP contribution in [0.3, 0.4) is 0 Å². The van der Waals surface area contributed by atoms with Crippen molar-refractivity contribution in [3.8, 4) is 0 Å². The standard InChI is InChI=1S/C8H5F4N3S/c9-7(10,14-15-13)8(11,12)16-6-4-2-1-3-5-6/h1-5H. The summed E-state index contributed by atoms with van der Waals surface area (Å²) in [6, 6.07) is 2.18. The first-order valence-electron chi connectivity index (χ1n) is 3.95. The molecule has 0 aliphatic heterocycles. The molecule has 0 fully saturated rings. The van der Waals surface area contributed by atoms with Crippen molar-refractivity contribution in [1.29, 1.82) is 0 Å². The van der Waals surface area contributed by atoms with Gasteiger partial charge in [0.25, 0.3) is 0 Å². The van der Waals surface area contributed by atoms with E-state index in [2.05, 4.69) is 0 Å². The van der Waals surface area contributed by atoms with E-state index in [0.29, 0.717) is 0 Å². The molecule has 86 valence electrons. The van der Waals surface area contributed by atoms with Crippen LogP contribution in [0, 0.1) is 0 Å². The number of alkyl halides is 4. The topological polar surface area (TPSA) is 48.8 Å². The first-order valence-corrected chi connectivity index (χ1v) is 4.76. The summed E-state index contributed by atoms with van der Waals surface area (Å²) in [5.74, 6) is 0. The van der Waals surface area contributed by atoms with Gasteiger partial charge in [0.05, 0.1) is 0 Å². The molecule has 3 nitrogen and oxygen atoms in total. The maximum atomic E-state index is 13.0. The third-order valence-electron chi connectivity index (χ3n) is 1.51. The number of hydrogen-bond acceptors (Lipinski definition) is 2. The Morgan fingerprint density at radius 1 is 1.12 bits per heavy atom. The molecule has 0 saturated heterocycles. The van der Waals surface area contributed by atoms with E-state index in [1.54, 1.807) is 16.1 Å². The zero-order valence-electron chi connectivity index (χ0n) is 7.65. The lowest BCUT2D eigenvalue weighted by molar-refractivity contribution is -0.146. The molecule has 0 aromatic heterocycles.